The van der Waals surface area contributed by atoms with Crippen molar-refractivity contribution < 1.29 is 19.5 Å². The van der Waals surface area contributed by atoms with Gasteiger partial charge in [-0.3, -0.25) is 9.59 Å². The van der Waals surface area contributed by atoms with Crippen molar-refractivity contribution in [3.05, 3.63) is 0 Å². The molecule has 0 aromatic carbocycles. The Labute approximate surface area is 124 Å². The molecule has 2 aliphatic rings. The molecular formula is C14H23N3O4. The molecule has 21 heavy (non-hydrogen) atoms. The van der Waals surface area contributed by atoms with Gasteiger partial charge in [-0.1, -0.05) is 0 Å². The molecule has 2 aliphatic heterocycles. The summed E-state index contributed by atoms with van der Waals surface area (Å²) >= 11 is 0. The molecule has 118 valence electrons. The van der Waals surface area contributed by atoms with Crippen LogP contribution in [0.25, 0.3) is 0 Å². The van der Waals surface area contributed by atoms with Crippen LogP contribution in [0, 0.1) is 11.8 Å². The number of urea groups is 1. The Hall–Kier alpha value is -1.79. The first-order valence-electron chi connectivity index (χ1n) is 7.52. The predicted molar refractivity (Wildman–Crippen MR) is 75.4 cm³/mol. The normalized spacial score (nSPS) is 23.9. The summed E-state index contributed by atoms with van der Waals surface area (Å²) in [6, 6.07) is -0.0709. The Morgan fingerprint density at radius 1 is 1.05 bits per heavy atom. The van der Waals surface area contributed by atoms with Crippen molar-refractivity contribution in [1.29, 1.82) is 0 Å². The van der Waals surface area contributed by atoms with Gasteiger partial charge in [-0.15, -0.1) is 0 Å². The summed E-state index contributed by atoms with van der Waals surface area (Å²) in [6.07, 6.45) is 3.32. The van der Waals surface area contributed by atoms with Crippen LogP contribution in [-0.2, 0) is 9.59 Å². The van der Waals surface area contributed by atoms with Crippen molar-refractivity contribution in [2.45, 2.75) is 32.1 Å². The van der Waals surface area contributed by atoms with Gasteiger partial charge in [0.05, 0.1) is 5.92 Å². The van der Waals surface area contributed by atoms with E-state index in [4.69, 9.17) is 10.8 Å². The molecule has 0 bridgehead atoms. The number of hydrogen-bond acceptors (Lipinski definition) is 3. The maximum atomic E-state index is 12.4. The van der Waals surface area contributed by atoms with Crippen LogP contribution in [-0.4, -0.2) is 59.0 Å². The van der Waals surface area contributed by atoms with Crippen LogP contribution < -0.4 is 5.73 Å². The van der Waals surface area contributed by atoms with E-state index in [0.717, 1.165) is 19.3 Å². The second-order valence-corrected chi connectivity index (χ2v) is 6.01. The zero-order valence-electron chi connectivity index (χ0n) is 12.2. The molecule has 2 fully saturated rings. The summed E-state index contributed by atoms with van der Waals surface area (Å²) in [7, 11) is 0. The highest BCUT2D eigenvalue weighted by atomic mass is 16.4. The number of aliphatic carboxylic acids is 1. The van der Waals surface area contributed by atoms with E-state index in [2.05, 4.69) is 0 Å². The summed E-state index contributed by atoms with van der Waals surface area (Å²) in [5, 5.41) is 9.07. The van der Waals surface area contributed by atoms with Crippen LogP contribution in [0.3, 0.4) is 0 Å². The number of rotatable bonds is 3. The summed E-state index contributed by atoms with van der Waals surface area (Å²) < 4.78 is 0. The number of carbonyl (C=O) groups excluding carboxylic acids is 2. The SMILES string of the molecule is NC(=O)CC1CCN(C(=O)N2CCC[C@H](C(=O)O)C2)CC1. The Morgan fingerprint density at radius 2 is 1.71 bits per heavy atom. The molecule has 0 spiro atoms. The summed E-state index contributed by atoms with van der Waals surface area (Å²) in [6.45, 7) is 2.16. The average Bonchev–Trinajstić information content (AvgIpc) is 2.47. The van der Waals surface area contributed by atoms with E-state index in [1.807, 2.05) is 0 Å². The van der Waals surface area contributed by atoms with Crippen molar-refractivity contribution in [2.24, 2.45) is 17.6 Å². The van der Waals surface area contributed by atoms with Crippen molar-refractivity contribution in [1.82, 2.24) is 9.80 Å². The average molecular weight is 297 g/mol. The monoisotopic (exact) mass is 297 g/mol. The minimum Gasteiger partial charge on any atom is -0.481 e. The molecule has 0 saturated carbocycles. The number of hydrogen-bond donors (Lipinski definition) is 2. The smallest absolute Gasteiger partial charge is 0.320 e. The molecule has 7 heteroatoms. The Bertz CT molecular complexity index is 418. The van der Waals surface area contributed by atoms with Gasteiger partial charge in [-0.25, -0.2) is 4.79 Å². The molecular weight excluding hydrogens is 274 g/mol. The number of primary amides is 1. The topological polar surface area (TPSA) is 104 Å². The van der Waals surface area contributed by atoms with Crippen LogP contribution in [0.5, 0.6) is 0 Å². The molecule has 1 atom stereocenters. The summed E-state index contributed by atoms with van der Waals surface area (Å²) in [5.41, 5.74) is 5.19. The Kier molecular flexibility index (Phi) is 5.03. The van der Waals surface area contributed by atoms with Crippen molar-refractivity contribution in [3.8, 4) is 0 Å². The number of carboxylic acid groups (broad SMARTS) is 1. The maximum absolute atomic E-state index is 12.4. The van der Waals surface area contributed by atoms with Crippen molar-refractivity contribution >= 4 is 17.9 Å². The van der Waals surface area contributed by atoms with Crippen LogP contribution >= 0.6 is 0 Å². The van der Waals surface area contributed by atoms with Crippen molar-refractivity contribution in [2.75, 3.05) is 26.2 Å². The minimum absolute atomic E-state index is 0.0709. The number of carboxylic acids is 1. The molecule has 2 heterocycles. The third-order valence-corrected chi connectivity index (χ3v) is 4.42. The van der Waals surface area contributed by atoms with Crippen LogP contribution in [0.2, 0.25) is 0 Å². The largest absolute Gasteiger partial charge is 0.481 e. The van der Waals surface area contributed by atoms with Gasteiger partial charge in [0.15, 0.2) is 0 Å². The third kappa shape index (κ3) is 4.09. The lowest BCUT2D eigenvalue weighted by Crippen LogP contribution is -2.51. The Balaban J connectivity index is 1.84. The van der Waals surface area contributed by atoms with Gasteiger partial charge in [0.1, 0.15) is 0 Å². The first kappa shape index (κ1) is 15.6. The quantitative estimate of drug-likeness (QED) is 0.791. The van der Waals surface area contributed by atoms with E-state index in [0.29, 0.717) is 39.0 Å². The highest BCUT2D eigenvalue weighted by molar-refractivity contribution is 5.77. The number of nitrogens with two attached hydrogens (primary N) is 1. The molecule has 2 saturated heterocycles. The molecule has 3 amide bonds. The zero-order chi connectivity index (χ0) is 15.4. The number of carbonyl (C=O) groups is 3. The van der Waals surface area contributed by atoms with Gasteiger partial charge in [0.25, 0.3) is 0 Å². The number of amides is 3. The first-order chi connectivity index (χ1) is 9.97. The molecule has 0 aromatic rings. The fourth-order valence-corrected chi connectivity index (χ4v) is 3.17. The van der Waals surface area contributed by atoms with Crippen molar-refractivity contribution in [3.63, 3.8) is 0 Å². The van der Waals surface area contributed by atoms with Crippen LogP contribution in [0.1, 0.15) is 32.1 Å². The third-order valence-electron chi connectivity index (χ3n) is 4.42. The fourth-order valence-electron chi connectivity index (χ4n) is 3.17. The van der Waals surface area contributed by atoms with Gasteiger partial charge in [0.2, 0.25) is 5.91 Å². The van der Waals surface area contributed by atoms with Gasteiger partial charge in [0, 0.05) is 32.6 Å². The van der Waals surface area contributed by atoms with E-state index in [9.17, 15) is 14.4 Å². The molecule has 0 radical (unpaired) electrons. The number of likely N-dealkylation sites (tertiary alicyclic amines) is 2. The second kappa shape index (κ2) is 6.78. The molecule has 3 N–H and O–H groups in total. The minimum atomic E-state index is -0.826. The van der Waals surface area contributed by atoms with Gasteiger partial charge < -0.3 is 20.6 Å². The molecule has 0 aromatic heterocycles. The highest BCUT2D eigenvalue weighted by Gasteiger charge is 2.32. The lowest BCUT2D eigenvalue weighted by atomic mass is 9.93. The van der Waals surface area contributed by atoms with E-state index < -0.39 is 11.9 Å². The van der Waals surface area contributed by atoms with E-state index in [-0.39, 0.29) is 17.9 Å². The molecule has 0 unspecified atom stereocenters. The highest BCUT2D eigenvalue weighted by Crippen LogP contribution is 2.23. The number of nitrogens with zero attached hydrogens (tertiary/aromatic N) is 2. The predicted octanol–water partition coefficient (Wildman–Crippen LogP) is 0.490. The fraction of sp³-hybridized carbons (Fsp3) is 0.786. The summed E-state index contributed by atoms with van der Waals surface area (Å²) in [5.74, 6) is -1.30. The molecule has 0 aliphatic carbocycles. The van der Waals surface area contributed by atoms with Crippen LogP contribution in [0.4, 0.5) is 4.79 Å². The number of piperidine rings is 2. The van der Waals surface area contributed by atoms with Gasteiger partial charge in [-0.05, 0) is 31.6 Å². The van der Waals surface area contributed by atoms with Crippen LogP contribution in [0.15, 0.2) is 0 Å². The Morgan fingerprint density at radius 3 is 2.29 bits per heavy atom. The van der Waals surface area contributed by atoms with Gasteiger partial charge >= 0.3 is 12.0 Å². The van der Waals surface area contributed by atoms with E-state index in [1.54, 1.807) is 9.80 Å². The van der Waals surface area contributed by atoms with E-state index >= 15 is 0 Å². The van der Waals surface area contributed by atoms with E-state index in [1.165, 1.54) is 0 Å². The molecule has 7 nitrogen and oxygen atoms in total. The lowest BCUT2D eigenvalue weighted by molar-refractivity contribution is -0.143. The van der Waals surface area contributed by atoms with Gasteiger partial charge in [-0.2, -0.15) is 0 Å². The second-order valence-electron chi connectivity index (χ2n) is 6.01. The lowest BCUT2D eigenvalue weighted by Gasteiger charge is -2.38. The standard InChI is InChI=1S/C14H23N3O4/c15-12(18)8-10-3-6-16(7-4-10)14(21)17-5-1-2-11(9-17)13(19)20/h10-11H,1-9H2,(H2,15,18)(H,19,20)/t11-/m0/s1. The zero-order valence-corrected chi connectivity index (χ0v) is 12.2. The summed E-state index contributed by atoms with van der Waals surface area (Å²) in [4.78, 5) is 37.8. The maximum Gasteiger partial charge on any atom is 0.320 e. The molecule has 2 rings (SSSR count). The first-order valence-corrected chi connectivity index (χ1v) is 7.52.